The second-order valence-electron chi connectivity index (χ2n) is 5.62. The second-order valence-corrected chi connectivity index (χ2v) is 6.06. The first-order valence-electron chi connectivity index (χ1n) is 7.97. The molecule has 0 saturated heterocycles. The van der Waals surface area contributed by atoms with Crippen molar-refractivity contribution >= 4 is 34.2 Å². The standard InChI is InChI=1S/C19H15ClN4O/c1-2-12-4-3-5-15(10-12)23-18-16-17(13-6-8-14(20)9-7-13)24-25-19(16)22-11-21-18/h3-11H,2H2,1H3,(H,21,22,23). The number of hydrogen-bond donors (Lipinski definition) is 1. The zero-order valence-electron chi connectivity index (χ0n) is 13.5. The lowest BCUT2D eigenvalue weighted by molar-refractivity contribution is 0.451. The molecule has 4 aromatic rings. The summed E-state index contributed by atoms with van der Waals surface area (Å²) in [5.41, 5.74) is 4.22. The lowest BCUT2D eigenvalue weighted by atomic mass is 10.1. The SMILES string of the molecule is CCc1cccc(Nc2ncnc3onc(-c4ccc(Cl)cc4)c23)c1. The molecule has 25 heavy (non-hydrogen) atoms. The molecule has 0 radical (unpaired) electrons. The van der Waals surface area contributed by atoms with Crippen molar-refractivity contribution in [3.63, 3.8) is 0 Å². The lowest BCUT2D eigenvalue weighted by Crippen LogP contribution is -1.96. The Morgan fingerprint density at radius 3 is 2.72 bits per heavy atom. The van der Waals surface area contributed by atoms with E-state index in [2.05, 4.69) is 39.5 Å². The Bertz CT molecular complexity index is 1030. The Morgan fingerprint density at radius 2 is 1.92 bits per heavy atom. The maximum absolute atomic E-state index is 5.98. The number of halogens is 1. The van der Waals surface area contributed by atoms with Gasteiger partial charge in [0.1, 0.15) is 23.2 Å². The Balaban J connectivity index is 1.81. The molecular formula is C19H15ClN4O. The molecule has 2 aromatic carbocycles. The van der Waals surface area contributed by atoms with Gasteiger partial charge in [-0.3, -0.25) is 0 Å². The topological polar surface area (TPSA) is 63.8 Å². The fourth-order valence-corrected chi connectivity index (χ4v) is 2.82. The van der Waals surface area contributed by atoms with Crippen LogP contribution in [0.3, 0.4) is 0 Å². The Labute approximate surface area is 149 Å². The van der Waals surface area contributed by atoms with Crippen LogP contribution in [0.4, 0.5) is 11.5 Å². The van der Waals surface area contributed by atoms with Crippen LogP contribution in [-0.2, 0) is 6.42 Å². The molecular weight excluding hydrogens is 336 g/mol. The van der Waals surface area contributed by atoms with Gasteiger partial charge in [0.15, 0.2) is 0 Å². The largest absolute Gasteiger partial charge is 0.339 e. The minimum Gasteiger partial charge on any atom is -0.339 e. The number of aromatic nitrogens is 3. The molecule has 4 rings (SSSR count). The summed E-state index contributed by atoms with van der Waals surface area (Å²) in [6.45, 7) is 2.13. The molecule has 2 heterocycles. The summed E-state index contributed by atoms with van der Waals surface area (Å²) in [6.07, 6.45) is 2.43. The first-order valence-corrected chi connectivity index (χ1v) is 8.34. The summed E-state index contributed by atoms with van der Waals surface area (Å²) >= 11 is 5.98. The molecule has 0 spiro atoms. The summed E-state index contributed by atoms with van der Waals surface area (Å²) in [6, 6.07) is 15.7. The van der Waals surface area contributed by atoms with Crippen molar-refractivity contribution in [2.75, 3.05) is 5.32 Å². The number of benzene rings is 2. The van der Waals surface area contributed by atoms with Crippen molar-refractivity contribution in [2.24, 2.45) is 0 Å². The van der Waals surface area contributed by atoms with Gasteiger partial charge < -0.3 is 9.84 Å². The predicted molar refractivity (Wildman–Crippen MR) is 99.1 cm³/mol. The molecule has 0 unspecified atom stereocenters. The Hall–Kier alpha value is -2.92. The van der Waals surface area contributed by atoms with Crippen LogP contribution in [0, 0.1) is 0 Å². The van der Waals surface area contributed by atoms with Crippen LogP contribution in [0.25, 0.3) is 22.4 Å². The van der Waals surface area contributed by atoms with Gasteiger partial charge in [-0.1, -0.05) is 47.9 Å². The third-order valence-electron chi connectivity index (χ3n) is 3.99. The molecule has 2 aromatic heterocycles. The van der Waals surface area contributed by atoms with Gasteiger partial charge in [-0.15, -0.1) is 0 Å². The first kappa shape index (κ1) is 15.6. The van der Waals surface area contributed by atoms with E-state index < -0.39 is 0 Å². The van der Waals surface area contributed by atoms with Crippen LogP contribution >= 0.6 is 11.6 Å². The monoisotopic (exact) mass is 350 g/mol. The maximum Gasteiger partial charge on any atom is 0.263 e. The van der Waals surface area contributed by atoms with E-state index in [9.17, 15) is 0 Å². The van der Waals surface area contributed by atoms with Crippen molar-refractivity contribution in [1.29, 1.82) is 0 Å². The average molecular weight is 351 g/mol. The van der Waals surface area contributed by atoms with Crippen LogP contribution in [0.1, 0.15) is 12.5 Å². The zero-order chi connectivity index (χ0) is 17.2. The zero-order valence-corrected chi connectivity index (χ0v) is 14.3. The van der Waals surface area contributed by atoms with E-state index in [0.717, 1.165) is 23.1 Å². The highest BCUT2D eigenvalue weighted by Crippen LogP contribution is 2.33. The summed E-state index contributed by atoms with van der Waals surface area (Å²) in [4.78, 5) is 8.56. The number of anilines is 2. The van der Waals surface area contributed by atoms with Gasteiger partial charge in [-0.2, -0.15) is 4.98 Å². The fraction of sp³-hybridized carbons (Fsp3) is 0.105. The highest BCUT2D eigenvalue weighted by Gasteiger charge is 2.17. The minimum atomic E-state index is 0.439. The Morgan fingerprint density at radius 1 is 1.08 bits per heavy atom. The van der Waals surface area contributed by atoms with Crippen LogP contribution in [-0.4, -0.2) is 15.1 Å². The minimum absolute atomic E-state index is 0.439. The Kier molecular flexibility index (Phi) is 4.07. The van der Waals surface area contributed by atoms with E-state index in [1.54, 1.807) is 0 Å². The van der Waals surface area contributed by atoms with Crippen molar-refractivity contribution in [2.45, 2.75) is 13.3 Å². The lowest BCUT2D eigenvalue weighted by Gasteiger charge is -2.08. The molecule has 0 fully saturated rings. The average Bonchev–Trinajstić information content (AvgIpc) is 3.08. The maximum atomic E-state index is 5.98. The number of hydrogen-bond acceptors (Lipinski definition) is 5. The number of nitrogens with zero attached hydrogens (tertiary/aromatic N) is 3. The second kappa shape index (κ2) is 6.53. The highest BCUT2D eigenvalue weighted by molar-refractivity contribution is 6.30. The molecule has 5 nitrogen and oxygen atoms in total. The highest BCUT2D eigenvalue weighted by atomic mass is 35.5. The van der Waals surface area contributed by atoms with Gasteiger partial charge in [0.2, 0.25) is 0 Å². The van der Waals surface area contributed by atoms with Crippen LogP contribution in [0.5, 0.6) is 0 Å². The number of aryl methyl sites for hydroxylation is 1. The van der Waals surface area contributed by atoms with E-state index in [1.165, 1.54) is 11.9 Å². The molecule has 1 N–H and O–H groups in total. The van der Waals surface area contributed by atoms with E-state index >= 15 is 0 Å². The van der Waals surface area contributed by atoms with Crippen molar-refractivity contribution in [3.8, 4) is 11.3 Å². The number of nitrogens with one attached hydrogen (secondary N) is 1. The molecule has 0 atom stereocenters. The first-order chi connectivity index (χ1) is 12.2. The van der Waals surface area contributed by atoms with E-state index in [0.29, 0.717) is 22.2 Å². The smallest absolute Gasteiger partial charge is 0.263 e. The molecule has 0 bridgehead atoms. The van der Waals surface area contributed by atoms with Gasteiger partial charge in [0.25, 0.3) is 5.71 Å². The predicted octanol–water partition coefficient (Wildman–Crippen LogP) is 5.24. The molecule has 0 saturated carbocycles. The molecule has 0 amide bonds. The summed E-state index contributed by atoms with van der Waals surface area (Å²) in [5.74, 6) is 0.657. The third-order valence-corrected chi connectivity index (χ3v) is 4.24. The van der Waals surface area contributed by atoms with Crippen molar-refractivity contribution in [3.05, 3.63) is 65.4 Å². The van der Waals surface area contributed by atoms with E-state index in [1.807, 2.05) is 36.4 Å². The summed E-state index contributed by atoms with van der Waals surface area (Å²) in [5, 5.41) is 8.93. The van der Waals surface area contributed by atoms with Gasteiger partial charge in [0, 0.05) is 16.3 Å². The summed E-state index contributed by atoms with van der Waals surface area (Å²) in [7, 11) is 0. The van der Waals surface area contributed by atoms with Gasteiger partial charge in [0.05, 0.1) is 0 Å². The molecule has 0 aliphatic rings. The fourth-order valence-electron chi connectivity index (χ4n) is 2.69. The van der Waals surface area contributed by atoms with E-state index in [4.69, 9.17) is 16.1 Å². The van der Waals surface area contributed by atoms with Crippen LogP contribution in [0.2, 0.25) is 5.02 Å². The van der Waals surface area contributed by atoms with E-state index in [-0.39, 0.29) is 0 Å². The molecule has 124 valence electrons. The van der Waals surface area contributed by atoms with Gasteiger partial charge >= 0.3 is 0 Å². The van der Waals surface area contributed by atoms with Gasteiger partial charge in [-0.05, 0) is 36.2 Å². The molecule has 0 aliphatic carbocycles. The number of fused-ring (bicyclic) bond motifs is 1. The number of rotatable bonds is 4. The van der Waals surface area contributed by atoms with Gasteiger partial charge in [-0.25, -0.2) is 4.98 Å². The van der Waals surface area contributed by atoms with Crippen LogP contribution < -0.4 is 5.32 Å². The normalized spacial score (nSPS) is 11.0. The van der Waals surface area contributed by atoms with Crippen molar-refractivity contribution < 1.29 is 4.52 Å². The third kappa shape index (κ3) is 3.06. The molecule has 6 heteroatoms. The van der Waals surface area contributed by atoms with Crippen molar-refractivity contribution in [1.82, 2.24) is 15.1 Å². The van der Waals surface area contributed by atoms with Crippen LogP contribution in [0.15, 0.2) is 59.4 Å². The molecule has 0 aliphatic heterocycles. The quantitative estimate of drug-likeness (QED) is 0.545. The summed E-state index contributed by atoms with van der Waals surface area (Å²) < 4.78 is 5.38.